The second-order valence-corrected chi connectivity index (χ2v) is 8.61. The van der Waals surface area contributed by atoms with Crippen molar-refractivity contribution in [2.75, 3.05) is 42.3 Å². The van der Waals surface area contributed by atoms with Gasteiger partial charge in [0.1, 0.15) is 11.9 Å². The van der Waals surface area contributed by atoms with E-state index in [-0.39, 0.29) is 17.9 Å². The quantitative estimate of drug-likeness (QED) is 0.581. The largest absolute Gasteiger partial charge is 0.477 e. The van der Waals surface area contributed by atoms with E-state index in [0.717, 1.165) is 12.8 Å². The van der Waals surface area contributed by atoms with Gasteiger partial charge in [-0.2, -0.15) is 4.98 Å². The smallest absolute Gasteiger partial charge is 0.413 e. The van der Waals surface area contributed by atoms with E-state index in [1.807, 2.05) is 11.8 Å². The summed E-state index contributed by atoms with van der Waals surface area (Å²) < 4.78 is 36.1. The van der Waals surface area contributed by atoms with E-state index in [9.17, 15) is 18.4 Å². The molecule has 1 saturated heterocycles. The van der Waals surface area contributed by atoms with Crippen molar-refractivity contribution in [2.24, 2.45) is 0 Å². The Bertz CT molecular complexity index is 1070. The summed E-state index contributed by atoms with van der Waals surface area (Å²) in [7, 11) is 1.70. The van der Waals surface area contributed by atoms with Crippen LogP contribution in [0.3, 0.4) is 0 Å². The molecule has 0 radical (unpaired) electrons. The van der Waals surface area contributed by atoms with Crippen LogP contribution in [-0.2, 0) is 4.74 Å². The number of halogens is 2. The number of nitrogens with zero attached hydrogens (tertiary/aromatic N) is 6. The molecule has 1 aliphatic carbocycles. The number of urea groups is 1. The second-order valence-electron chi connectivity index (χ2n) is 8.61. The number of ether oxygens (including phenoxy) is 2. The number of hydrogen-bond donors (Lipinski definition) is 2. The Balaban J connectivity index is 1.31. The Morgan fingerprint density at radius 2 is 2.00 bits per heavy atom. The molecular formula is C22H28F2N8O4. The molecule has 0 bridgehead atoms. The minimum atomic E-state index is -2.77. The van der Waals surface area contributed by atoms with Gasteiger partial charge in [-0.05, 0) is 25.8 Å². The number of aromatic nitrogens is 4. The lowest BCUT2D eigenvalue weighted by atomic mass is 9.91. The van der Waals surface area contributed by atoms with Crippen LogP contribution in [0.4, 0.5) is 36.0 Å². The molecule has 1 atom stereocenters. The molecule has 2 N–H and O–H groups in total. The topological polar surface area (TPSA) is 135 Å². The maximum absolute atomic E-state index is 12.9. The Labute approximate surface area is 206 Å². The first-order valence-corrected chi connectivity index (χ1v) is 11.6. The Kier molecular flexibility index (Phi) is 7.60. The maximum atomic E-state index is 12.9. The fraction of sp³-hybridized carbons (Fsp3) is 0.545. The molecule has 0 aromatic carbocycles. The maximum Gasteiger partial charge on any atom is 0.413 e. The van der Waals surface area contributed by atoms with Gasteiger partial charge in [0.05, 0.1) is 25.0 Å². The van der Waals surface area contributed by atoms with E-state index < -0.39 is 31.0 Å². The van der Waals surface area contributed by atoms with Crippen molar-refractivity contribution >= 4 is 29.7 Å². The van der Waals surface area contributed by atoms with Crippen LogP contribution in [-0.4, -0.2) is 81.8 Å². The molecule has 36 heavy (non-hydrogen) atoms. The number of nitrogens with one attached hydrogen (secondary N) is 2. The van der Waals surface area contributed by atoms with E-state index in [2.05, 4.69) is 30.6 Å². The fourth-order valence-corrected chi connectivity index (χ4v) is 3.96. The average Bonchev–Trinajstić information content (AvgIpc) is 2.84. The van der Waals surface area contributed by atoms with Crippen LogP contribution in [0.2, 0.25) is 0 Å². The zero-order chi connectivity index (χ0) is 25.7. The highest BCUT2D eigenvalue weighted by atomic mass is 19.3. The average molecular weight is 507 g/mol. The highest BCUT2D eigenvalue weighted by Gasteiger charge is 2.47. The number of amides is 3. The number of carbonyl (C=O) groups excluding carboxylic acids is 2. The Morgan fingerprint density at radius 3 is 2.69 bits per heavy atom. The molecule has 3 amide bonds. The first-order chi connectivity index (χ1) is 17.2. The molecule has 14 heteroatoms. The van der Waals surface area contributed by atoms with Gasteiger partial charge >= 0.3 is 12.1 Å². The van der Waals surface area contributed by atoms with E-state index in [1.165, 1.54) is 24.7 Å². The lowest BCUT2D eigenvalue weighted by Gasteiger charge is -2.37. The first kappa shape index (κ1) is 25.3. The summed E-state index contributed by atoms with van der Waals surface area (Å²) in [6.45, 7) is 3.45. The SMILES string of the molecule is CCOc1cnc(NC(=O)N(C)C2CCCN(c3nccc(NC(=O)OC4CC(F)(F)C4)n3)C2)cn1. The number of rotatable bonds is 7. The summed E-state index contributed by atoms with van der Waals surface area (Å²) in [6, 6.07) is 1.03. The number of piperidine rings is 1. The molecule has 2 aromatic rings. The summed E-state index contributed by atoms with van der Waals surface area (Å²) in [6.07, 6.45) is 3.34. The molecule has 1 aliphatic heterocycles. The van der Waals surface area contributed by atoms with Crippen LogP contribution < -0.4 is 20.3 Å². The van der Waals surface area contributed by atoms with Gasteiger partial charge in [-0.25, -0.2) is 33.3 Å². The van der Waals surface area contributed by atoms with Crippen molar-refractivity contribution in [2.45, 2.75) is 50.7 Å². The van der Waals surface area contributed by atoms with Crippen molar-refractivity contribution in [1.82, 2.24) is 24.8 Å². The summed E-state index contributed by atoms with van der Waals surface area (Å²) in [4.78, 5) is 45.1. The summed E-state index contributed by atoms with van der Waals surface area (Å²) in [5, 5.41) is 5.18. The van der Waals surface area contributed by atoms with Crippen LogP contribution in [0.5, 0.6) is 5.88 Å². The van der Waals surface area contributed by atoms with Crippen molar-refractivity contribution in [3.05, 3.63) is 24.7 Å². The fourth-order valence-electron chi connectivity index (χ4n) is 3.96. The van der Waals surface area contributed by atoms with Gasteiger partial charge in [-0.3, -0.25) is 10.6 Å². The molecular weight excluding hydrogens is 478 g/mol. The molecule has 2 fully saturated rings. The van der Waals surface area contributed by atoms with Crippen molar-refractivity contribution in [3.8, 4) is 5.88 Å². The molecule has 3 heterocycles. The summed E-state index contributed by atoms with van der Waals surface area (Å²) in [5.41, 5.74) is 0. The molecule has 4 rings (SSSR count). The first-order valence-electron chi connectivity index (χ1n) is 11.6. The third-order valence-electron chi connectivity index (χ3n) is 5.90. The lowest BCUT2D eigenvalue weighted by Crippen LogP contribution is -2.50. The van der Waals surface area contributed by atoms with Gasteiger partial charge in [-0.15, -0.1) is 0 Å². The molecule has 2 aliphatic rings. The molecule has 1 unspecified atom stereocenters. The number of anilines is 3. The minimum absolute atomic E-state index is 0.125. The van der Waals surface area contributed by atoms with Gasteiger partial charge in [0.15, 0.2) is 5.82 Å². The highest BCUT2D eigenvalue weighted by Crippen LogP contribution is 2.39. The highest BCUT2D eigenvalue weighted by molar-refractivity contribution is 5.88. The van der Waals surface area contributed by atoms with Crippen molar-refractivity contribution in [1.29, 1.82) is 0 Å². The monoisotopic (exact) mass is 506 g/mol. The minimum Gasteiger partial charge on any atom is -0.477 e. The second kappa shape index (κ2) is 10.8. The van der Waals surface area contributed by atoms with E-state index in [4.69, 9.17) is 9.47 Å². The van der Waals surface area contributed by atoms with Crippen molar-refractivity contribution < 1.29 is 27.8 Å². The van der Waals surface area contributed by atoms with E-state index in [0.29, 0.717) is 37.3 Å². The Hall–Kier alpha value is -3.84. The number of likely N-dealkylation sites (N-methyl/N-ethyl adjacent to an activating group) is 1. The number of hydrogen-bond acceptors (Lipinski definition) is 9. The van der Waals surface area contributed by atoms with Gasteiger partial charge in [-0.1, -0.05) is 0 Å². The summed E-state index contributed by atoms with van der Waals surface area (Å²) in [5.74, 6) is -1.52. The zero-order valence-electron chi connectivity index (χ0n) is 20.0. The van der Waals surface area contributed by atoms with Crippen LogP contribution in [0.1, 0.15) is 32.6 Å². The third kappa shape index (κ3) is 6.43. The van der Waals surface area contributed by atoms with Gasteiger partial charge in [0, 0.05) is 39.2 Å². The predicted octanol–water partition coefficient (Wildman–Crippen LogP) is 3.14. The van der Waals surface area contributed by atoms with Crippen LogP contribution in [0, 0.1) is 0 Å². The Morgan fingerprint density at radius 1 is 1.19 bits per heavy atom. The van der Waals surface area contributed by atoms with Crippen LogP contribution in [0.25, 0.3) is 0 Å². The molecule has 12 nitrogen and oxygen atoms in total. The van der Waals surface area contributed by atoms with Crippen LogP contribution >= 0.6 is 0 Å². The van der Waals surface area contributed by atoms with Crippen molar-refractivity contribution in [3.63, 3.8) is 0 Å². The molecule has 2 aromatic heterocycles. The van der Waals surface area contributed by atoms with Gasteiger partial charge < -0.3 is 19.3 Å². The zero-order valence-corrected chi connectivity index (χ0v) is 20.0. The predicted molar refractivity (Wildman–Crippen MR) is 125 cm³/mol. The summed E-state index contributed by atoms with van der Waals surface area (Å²) >= 11 is 0. The third-order valence-corrected chi connectivity index (χ3v) is 5.90. The number of alkyl halides is 2. The van der Waals surface area contributed by atoms with E-state index >= 15 is 0 Å². The lowest BCUT2D eigenvalue weighted by molar-refractivity contribution is -0.142. The standard InChI is InChI=1S/C22H28F2N8O4/c1-3-35-18-12-26-17(11-27-18)29-20(33)31(2)14-5-4-8-32(13-14)19-25-7-6-16(28-19)30-21(34)36-15-9-22(23,24)10-15/h6-7,11-12,14-15H,3-5,8-10,13H2,1-2H3,(H,26,29,33)(H,25,28,30,34). The molecule has 194 valence electrons. The van der Waals surface area contributed by atoms with Gasteiger partial charge in [0.25, 0.3) is 5.92 Å². The van der Waals surface area contributed by atoms with E-state index in [1.54, 1.807) is 11.9 Å². The number of carbonyl (C=O) groups is 2. The van der Waals surface area contributed by atoms with Crippen LogP contribution in [0.15, 0.2) is 24.7 Å². The molecule has 0 spiro atoms. The van der Waals surface area contributed by atoms with Gasteiger partial charge in [0.2, 0.25) is 11.8 Å². The molecule has 1 saturated carbocycles. The normalized spacial score (nSPS) is 19.1.